The highest BCUT2D eigenvalue weighted by Crippen LogP contribution is 2.38. The normalized spacial score (nSPS) is 17.2. The summed E-state index contributed by atoms with van der Waals surface area (Å²) in [6.07, 6.45) is 1.66. The third-order valence-electron chi connectivity index (χ3n) is 3.50. The quantitative estimate of drug-likeness (QED) is 0.355. The highest BCUT2D eigenvalue weighted by Gasteiger charge is 2.25. The standard InChI is InChI=1S/C17H9BrINO4/c18-12-7-15-14(22-8-23-15)6-10(12)5-13-17(21)24-16(20-13)9-1-3-11(19)4-2-9/h1-7H,8H2/b13-5+. The zero-order valence-electron chi connectivity index (χ0n) is 12.1. The Morgan fingerprint density at radius 3 is 2.58 bits per heavy atom. The number of benzene rings is 2. The minimum atomic E-state index is -0.479. The van der Waals surface area contributed by atoms with E-state index in [1.54, 1.807) is 18.2 Å². The fraction of sp³-hybridized carbons (Fsp3) is 0.0588. The molecule has 0 aliphatic carbocycles. The van der Waals surface area contributed by atoms with Gasteiger partial charge in [-0.05, 0) is 70.6 Å². The van der Waals surface area contributed by atoms with Crippen molar-refractivity contribution in [2.75, 3.05) is 6.79 Å². The molecule has 2 aromatic carbocycles. The van der Waals surface area contributed by atoms with Crippen molar-refractivity contribution >= 4 is 56.5 Å². The zero-order valence-corrected chi connectivity index (χ0v) is 15.8. The van der Waals surface area contributed by atoms with Gasteiger partial charge in [-0.15, -0.1) is 0 Å². The molecule has 2 aromatic rings. The van der Waals surface area contributed by atoms with Crippen LogP contribution in [0.2, 0.25) is 0 Å². The Morgan fingerprint density at radius 2 is 1.83 bits per heavy atom. The average Bonchev–Trinajstić information content (AvgIpc) is 3.15. The van der Waals surface area contributed by atoms with Crippen molar-refractivity contribution in [1.29, 1.82) is 0 Å². The van der Waals surface area contributed by atoms with Crippen LogP contribution in [0.1, 0.15) is 11.1 Å². The molecule has 0 amide bonds. The Bertz CT molecular complexity index is 906. The molecule has 0 unspecified atom stereocenters. The molecule has 5 nitrogen and oxygen atoms in total. The Labute approximate surface area is 159 Å². The van der Waals surface area contributed by atoms with Gasteiger partial charge in [0.05, 0.1) is 0 Å². The summed E-state index contributed by atoms with van der Waals surface area (Å²) < 4.78 is 17.8. The molecule has 0 bridgehead atoms. The van der Waals surface area contributed by atoms with Gasteiger partial charge in [-0.25, -0.2) is 9.79 Å². The number of carbonyl (C=O) groups is 1. The highest BCUT2D eigenvalue weighted by molar-refractivity contribution is 14.1. The first-order chi connectivity index (χ1) is 11.6. The number of esters is 1. The van der Waals surface area contributed by atoms with Crippen LogP contribution in [-0.4, -0.2) is 18.7 Å². The molecular formula is C17H9BrINO4. The van der Waals surface area contributed by atoms with E-state index < -0.39 is 5.97 Å². The Morgan fingerprint density at radius 1 is 1.12 bits per heavy atom. The second kappa shape index (κ2) is 6.21. The summed E-state index contributed by atoms with van der Waals surface area (Å²) in [5.74, 6) is 1.13. The molecule has 4 rings (SSSR count). The van der Waals surface area contributed by atoms with E-state index in [2.05, 4.69) is 43.5 Å². The van der Waals surface area contributed by atoms with Crippen LogP contribution >= 0.6 is 38.5 Å². The van der Waals surface area contributed by atoms with E-state index in [0.717, 1.165) is 19.2 Å². The maximum atomic E-state index is 12.1. The maximum absolute atomic E-state index is 12.1. The van der Waals surface area contributed by atoms with Crippen molar-refractivity contribution in [2.24, 2.45) is 4.99 Å². The number of carbonyl (C=O) groups excluding carboxylic acids is 1. The van der Waals surface area contributed by atoms with Crippen LogP contribution in [-0.2, 0) is 9.53 Å². The van der Waals surface area contributed by atoms with Gasteiger partial charge in [0.1, 0.15) is 0 Å². The summed E-state index contributed by atoms with van der Waals surface area (Å²) in [6, 6.07) is 11.2. The lowest BCUT2D eigenvalue weighted by Gasteiger charge is -2.02. The first kappa shape index (κ1) is 15.6. The summed E-state index contributed by atoms with van der Waals surface area (Å²) in [4.78, 5) is 16.4. The van der Waals surface area contributed by atoms with Gasteiger partial charge in [0.25, 0.3) is 0 Å². The molecule has 0 saturated carbocycles. The van der Waals surface area contributed by atoms with Gasteiger partial charge in [-0.2, -0.15) is 0 Å². The van der Waals surface area contributed by atoms with Crippen LogP contribution in [0.5, 0.6) is 11.5 Å². The second-order valence-electron chi connectivity index (χ2n) is 5.07. The third-order valence-corrected chi connectivity index (χ3v) is 4.90. The first-order valence-corrected chi connectivity index (χ1v) is 8.85. The minimum absolute atomic E-state index is 0.193. The molecule has 120 valence electrons. The lowest BCUT2D eigenvalue weighted by molar-refractivity contribution is -0.129. The fourth-order valence-corrected chi connectivity index (χ4v) is 3.11. The van der Waals surface area contributed by atoms with Crippen LogP contribution in [0.25, 0.3) is 6.08 Å². The van der Waals surface area contributed by atoms with E-state index in [0.29, 0.717) is 17.4 Å². The van der Waals surface area contributed by atoms with Crippen LogP contribution in [0.15, 0.2) is 51.6 Å². The number of ether oxygens (including phenoxy) is 3. The summed E-state index contributed by atoms with van der Waals surface area (Å²) in [5.41, 5.74) is 1.76. The average molecular weight is 498 g/mol. The number of hydrogen-bond acceptors (Lipinski definition) is 5. The Kier molecular flexibility index (Phi) is 4.05. The van der Waals surface area contributed by atoms with Gasteiger partial charge in [-0.3, -0.25) is 0 Å². The largest absolute Gasteiger partial charge is 0.454 e. The lowest BCUT2D eigenvalue weighted by Crippen LogP contribution is -2.05. The number of rotatable bonds is 2. The molecule has 0 aromatic heterocycles. The summed E-state index contributed by atoms with van der Waals surface area (Å²) in [5, 5.41) is 0. The number of hydrogen-bond donors (Lipinski definition) is 0. The molecule has 0 radical (unpaired) electrons. The third kappa shape index (κ3) is 2.93. The molecule has 0 fully saturated rings. The molecule has 7 heteroatoms. The van der Waals surface area contributed by atoms with Gasteiger partial charge in [0, 0.05) is 13.6 Å². The molecule has 2 heterocycles. The summed E-state index contributed by atoms with van der Waals surface area (Å²) in [6.45, 7) is 0.193. The molecule has 24 heavy (non-hydrogen) atoms. The van der Waals surface area contributed by atoms with Crippen LogP contribution < -0.4 is 9.47 Å². The molecule has 0 atom stereocenters. The highest BCUT2D eigenvalue weighted by atomic mass is 127. The predicted molar refractivity (Wildman–Crippen MR) is 100 cm³/mol. The molecular weight excluding hydrogens is 489 g/mol. The smallest absolute Gasteiger partial charge is 0.363 e. The van der Waals surface area contributed by atoms with Gasteiger partial charge in [0.2, 0.25) is 12.7 Å². The van der Waals surface area contributed by atoms with E-state index in [1.165, 1.54) is 0 Å². The van der Waals surface area contributed by atoms with Crippen LogP contribution in [0.3, 0.4) is 0 Å². The molecule has 2 aliphatic heterocycles. The van der Waals surface area contributed by atoms with Crippen molar-refractivity contribution < 1.29 is 19.0 Å². The second-order valence-corrected chi connectivity index (χ2v) is 7.17. The van der Waals surface area contributed by atoms with Gasteiger partial charge >= 0.3 is 5.97 Å². The van der Waals surface area contributed by atoms with E-state index in [4.69, 9.17) is 14.2 Å². The Balaban J connectivity index is 1.70. The van der Waals surface area contributed by atoms with Crippen molar-refractivity contribution in [3.8, 4) is 11.5 Å². The van der Waals surface area contributed by atoms with Crippen molar-refractivity contribution in [2.45, 2.75) is 0 Å². The van der Waals surface area contributed by atoms with Crippen LogP contribution in [0.4, 0.5) is 0 Å². The fourth-order valence-electron chi connectivity index (χ4n) is 2.32. The number of aliphatic imine (C=N–C) groups is 1. The molecule has 0 spiro atoms. The number of nitrogens with zero attached hydrogens (tertiary/aromatic N) is 1. The Hall–Kier alpha value is -1.87. The molecule has 2 aliphatic rings. The van der Waals surface area contributed by atoms with Gasteiger partial charge < -0.3 is 14.2 Å². The monoisotopic (exact) mass is 497 g/mol. The topological polar surface area (TPSA) is 57.1 Å². The summed E-state index contributed by atoms with van der Waals surface area (Å²) >= 11 is 5.68. The number of fused-ring (bicyclic) bond motifs is 1. The predicted octanol–water partition coefficient (Wildman–Crippen LogP) is 4.13. The van der Waals surface area contributed by atoms with Crippen molar-refractivity contribution in [3.63, 3.8) is 0 Å². The zero-order chi connectivity index (χ0) is 16.7. The number of halogens is 2. The maximum Gasteiger partial charge on any atom is 0.363 e. The van der Waals surface area contributed by atoms with E-state index >= 15 is 0 Å². The first-order valence-electron chi connectivity index (χ1n) is 6.98. The van der Waals surface area contributed by atoms with Crippen LogP contribution in [0, 0.1) is 3.57 Å². The summed E-state index contributed by atoms with van der Waals surface area (Å²) in [7, 11) is 0. The van der Waals surface area contributed by atoms with Gasteiger partial charge in [0.15, 0.2) is 17.2 Å². The molecule has 0 saturated heterocycles. The van der Waals surface area contributed by atoms with E-state index in [1.807, 2.05) is 24.3 Å². The lowest BCUT2D eigenvalue weighted by atomic mass is 10.1. The number of cyclic esters (lactones) is 1. The van der Waals surface area contributed by atoms with Crippen molar-refractivity contribution in [3.05, 3.63) is 61.3 Å². The van der Waals surface area contributed by atoms with Crippen molar-refractivity contribution in [1.82, 2.24) is 0 Å². The molecule has 0 N–H and O–H groups in total. The minimum Gasteiger partial charge on any atom is -0.454 e. The van der Waals surface area contributed by atoms with E-state index in [9.17, 15) is 4.79 Å². The van der Waals surface area contributed by atoms with Gasteiger partial charge in [-0.1, -0.05) is 15.9 Å². The SMILES string of the molecule is O=C1OC(c2ccc(I)cc2)=N/C1=C/c1cc2c(cc1Br)OCO2. The van der Waals surface area contributed by atoms with E-state index in [-0.39, 0.29) is 12.5 Å².